The van der Waals surface area contributed by atoms with Gasteiger partial charge < -0.3 is 5.32 Å². The van der Waals surface area contributed by atoms with Crippen molar-refractivity contribution < 1.29 is 9.18 Å². The van der Waals surface area contributed by atoms with E-state index in [9.17, 15) is 9.18 Å². The molecule has 0 saturated carbocycles. The number of amides is 1. The maximum atomic E-state index is 13.2. The lowest BCUT2D eigenvalue weighted by Crippen LogP contribution is -2.12. The van der Waals surface area contributed by atoms with Crippen LogP contribution in [-0.2, 0) is 12.8 Å². The second-order valence-electron chi connectivity index (χ2n) is 6.37. The molecule has 0 aliphatic heterocycles. The van der Waals surface area contributed by atoms with Crippen LogP contribution < -0.4 is 5.32 Å². The van der Waals surface area contributed by atoms with Crippen molar-refractivity contribution in [2.24, 2.45) is 0 Å². The Bertz CT molecular complexity index is 1040. The summed E-state index contributed by atoms with van der Waals surface area (Å²) in [5.41, 5.74) is 3.75. The first-order chi connectivity index (χ1) is 12.5. The number of carbonyl (C=O) groups excluding carboxylic acids is 1. The highest BCUT2D eigenvalue weighted by Gasteiger charge is 2.18. The second-order valence-corrected chi connectivity index (χ2v) is 7.16. The molecule has 1 amide bonds. The average Bonchev–Trinajstić information content (AvgIpc) is 2.64. The van der Waals surface area contributed by atoms with Gasteiger partial charge in [-0.2, -0.15) is 0 Å². The molecule has 1 aromatic heterocycles. The number of carbonyl (C=O) groups is 1. The Morgan fingerprint density at radius 2 is 1.88 bits per heavy atom. The summed E-state index contributed by atoms with van der Waals surface area (Å²) >= 11 is 12.3. The van der Waals surface area contributed by atoms with Crippen LogP contribution in [0.5, 0.6) is 0 Å². The molecule has 0 radical (unpaired) electrons. The molecule has 0 bridgehead atoms. The number of fused-ring (bicyclic) bond motifs is 2. The van der Waals surface area contributed by atoms with Crippen molar-refractivity contribution in [3.8, 4) is 0 Å². The van der Waals surface area contributed by atoms with Gasteiger partial charge in [-0.25, -0.2) is 4.39 Å². The van der Waals surface area contributed by atoms with Crippen LogP contribution in [0.4, 0.5) is 10.1 Å². The van der Waals surface area contributed by atoms with E-state index in [2.05, 4.69) is 5.32 Å². The van der Waals surface area contributed by atoms with Gasteiger partial charge in [0, 0.05) is 22.3 Å². The first kappa shape index (κ1) is 17.3. The lowest BCUT2D eigenvalue weighted by Gasteiger charge is -2.18. The van der Waals surface area contributed by atoms with Crippen LogP contribution in [0.2, 0.25) is 10.0 Å². The summed E-state index contributed by atoms with van der Waals surface area (Å²) in [6.07, 6.45) is 4.09. The zero-order chi connectivity index (χ0) is 18.3. The normalized spacial score (nSPS) is 13.5. The Morgan fingerprint density at radius 1 is 1.08 bits per heavy atom. The number of aromatic nitrogens is 1. The van der Waals surface area contributed by atoms with Gasteiger partial charge in [0.2, 0.25) is 0 Å². The monoisotopic (exact) mass is 388 g/mol. The fourth-order valence-electron chi connectivity index (χ4n) is 3.29. The van der Waals surface area contributed by atoms with Crippen LogP contribution in [0.3, 0.4) is 0 Å². The van der Waals surface area contributed by atoms with Gasteiger partial charge >= 0.3 is 0 Å². The van der Waals surface area contributed by atoms with Gasteiger partial charge in [0.05, 0.1) is 15.6 Å². The molecule has 1 aliphatic carbocycles. The number of nitrogens with zero attached hydrogens (tertiary/aromatic N) is 1. The second kappa shape index (κ2) is 6.86. The molecular weight excluding hydrogens is 374 g/mol. The first-order valence-electron chi connectivity index (χ1n) is 8.40. The average molecular weight is 389 g/mol. The SMILES string of the molecule is O=C(Nc1ccc(F)c(Cl)c1)c1ccc2c(Cl)c3c(nc2c1)CCCC3. The Balaban J connectivity index is 1.68. The fraction of sp³-hybridized carbons (Fsp3) is 0.200. The van der Waals surface area contributed by atoms with Crippen molar-refractivity contribution in [2.75, 3.05) is 5.32 Å². The first-order valence-corrected chi connectivity index (χ1v) is 9.16. The number of nitrogens with one attached hydrogen (secondary N) is 1. The summed E-state index contributed by atoms with van der Waals surface area (Å²) < 4.78 is 13.2. The Morgan fingerprint density at radius 3 is 2.69 bits per heavy atom. The molecule has 3 nitrogen and oxygen atoms in total. The molecule has 1 heterocycles. The number of hydrogen-bond donors (Lipinski definition) is 1. The molecule has 0 atom stereocenters. The molecule has 0 unspecified atom stereocenters. The quantitative estimate of drug-likeness (QED) is 0.601. The molecular formula is C20H15Cl2FN2O. The molecule has 4 rings (SSSR count). The number of anilines is 1. The van der Waals surface area contributed by atoms with Crippen molar-refractivity contribution in [3.63, 3.8) is 0 Å². The zero-order valence-corrected chi connectivity index (χ0v) is 15.3. The summed E-state index contributed by atoms with van der Waals surface area (Å²) in [5, 5.41) is 4.27. The molecule has 1 N–H and O–H groups in total. The van der Waals surface area contributed by atoms with Crippen molar-refractivity contribution >= 4 is 45.7 Å². The van der Waals surface area contributed by atoms with Gasteiger partial charge in [0.15, 0.2) is 0 Å². The molecule has 6 heteroatoms. The van der Waals surface area contributed by atoms with E-state index in [4.69, 9.17) is 28.2 Å². The molecule has 1 aliphatic rings. The van der Waals surface area contributed by atoms with Gasteiger partial charge in [0.1, 0.15) is 5.82 Å². The van der Waals surface area contributed by atoms with Gasteiger partial charge in [-0.3, -0.25) is 9.78 Å². The minimum Gasteiger partial charge on any atom is -0.322 e. The van der Waals surface area contributed by atoms with Crippen molar-refractivity contribution in [1.82, 2.24) is 4.98 Å². The molecule has 0 saturated heterocycles. The van der Waals surface area contributed by atoms with Crippen LogP contribution in [-0.4, -0.2) is 10.9 Å². The van der Waals surface area contributed by atoms with E-state index in [0.29, 0.717) is 16.8 Å². The number of hydrogen-bond acceptors (Lipinski definition) is 2. The van der Waals surface area contributed by atoms with Crippen LogP contribution in [0.15, 0.2) is 36.4 Å². The molecule has 3 aromatic rings. The predicted octanol–water partition coefficient (Wildman–Crippen LogP) is 5.81. The Kier molecular flexibility index (Phi) is 4.55. The van der Waals surface area contributed by atoms with Gasteiger partial charge in [-0.1, -0.05) is 29.3 Å². The Labute approximate surface area is 160 Å². The van der Waals surface area contributed by atoms with Crippen LogP contribution >= 0.6 is 23.2 Å². The fourth-order valence-corrected chi connectivity index (χ4v) is 3.83. The lowest BCUT2D eigenvalue weighted by atomic mass is 9.94. The number of benzene rings is 2. The van der Waals surface area contributed by atoms with Crippen LogP contribution in [0.1, 0.15) is 34.5 Å². The molecule has 0 spiro atoms. The Hall–Kier alpha value is -2.17. The third-order valence-electron chi connectivity index (χ3n) is 4.63. The van der Waals surface area contributed by atoms with E-state index < -0.39 is 5.82 Å². The van der Waals surface area contributed by atoms with E-state index in [1.807, 2.05) is 6.07 Å². The largest absolute Gasteiger partial charge is 0.322 e. The van der Waals surface area contributed by atoms with Gasteiger partial charge in [-0.05, 0) is 61.6 Å². The number of rotatable bonds is 2. The van der Waals surface area contributed by atoms with E-state index >= 15 is 0 Å². The summed E-state index contributed by atoms with van der Waals surface area (Å²) in [7, 11) is 0. The smallest absolute Gasteiger partial charge is 0.255 e. The highest BCUT2D eigenvalue weighted by molar-refractivity contribution is 6.36. The van der Waals surface area contributed by atoms with E-state index in [-0.39, 0.29) is 10.9 Å². The molecule has 2 aromatic carbocycles. The minimum atomic E-state index is -0.529. The molecule has 132 valence electrons. The van der Waals surface area contributed by atoms with Crippen molar-refractivity contribution in [3.05, 3.63) is 69.1 Å². The summed E-state index contributed by atoms with van der Waals surface area (Å²) in [6, 6.07) is 9.33. The van der Waals surface area contributed by atoms with E-state index in [1.54, 1.807) is 12.1 Å². The number of pyridine rings is 1. The molecule has 0 fully saturated rings. The van der Waals surface area contributed by atoms with Gasteiger partial charge in [0.25, 0.3) is 5.91 Å². The number of halogens is 3. The lowest BCUT2D eigenvalue weighted by molar-refractivity contribution is 0.102. The summed E-state index contributed by atoms with van der Waals surface area (Å²) in [5.74, 6) is -0.843. The van der Waals surface area contributed by atoms with Crippen molar-refractivity contribution in [1.29, 1.82) is 0 Å². The maximum Gasteiger partial charge on any atom is 0.255 e. The van der Waals surface area contributed by atoms with Crippen LogP contribution in [0.25, 0.3) is 10.9 Å². The standard InChI is InChI=1S/C20H15Cl2FN2O/c21-15-10-12(6-8-16(15)23)24-20(26)11-5-7-14-18(9-11)25-17-4-2-1-3-13(17)19(14)22/h5-10H,1-4H2,(H,24,26). The number of aryl methyl sites for hydroxylation is 1. The topological polar surface area (TPSA) is 42.0 Å². The summed E-state index contributed by atoms with van der Waals surface area (Å²) in [6.45, 7) is 0. The minimum absolute atomic E-state index is 0.0404. The van der Waals surface area contributed by atoms with Crippen molar-refractivity contribution in [2.45, 2.75) is 25.7 Å². The third-order valence-corrected chi connectivity index (χ3v) is 5.35. The third kappa shape index (κ3) is 3.15. The maximum absolute atomic E-state index is 13.2. The van der Waals surface area contributed by atoms with Crippen LogP contribution in [0, 0.1) is 5.82 Å². The van der Waals surface area contributed by atoms with E-state index in [1.165, 1.54) is 18.2 Å². The molecule has 26 heavy (non-hydrogen) atoms. The van der Waals surface area contributed by atoms with Gasteiger partial charge in [-0.15, -0.1) is 0 Å². The van der Waals surface area contributed by atoms with E-state index in [0.717, 1.165) is 47.3 Å². The summed E-state index contributed by atoms with van der Waals surface area (Å²) in [4.78, 5) is 17.2. The highest BCUT2D eigenvalue weighted by atomic mass is 35.5. The zero-order valence-electron chi connectivity index (χ0n) is 13.8. The predicted molar refractivity (Wildman–Crippen MR) is 103 cm³/mol. The highest BCUT2D eigenvalue weighted by Crippen LogP contribution is 2.33.